The Kier molecular flexibility index (Phi) is 0.586. The first-order valence-electron chi connectivity index (χ1n) is 7.44. The highest BCUT2D eigenvalue weighted by Crippen LogP contribution is 2.24. The molecule has 2 heteroatoms. The standard InChI is InChI=1S/C9H10BrN/c10-8-3-4-9-7(6-8)2-1-5-11-9/h3-4,6,11H,1-2,5H2/i1D2,2D2,3D,4D,5D2,6D. The third-order valence-electron chi connectivity index (χ3n) is 1.22. The average Bonchev–Trinajstić information content (AvgIpc) is 2.31. The molecule has 1 aromatic rings. The number of anilines is 1. The molecule has 0 spiro atoms. The normalized spacial score (nSPS) is 41.0. The Labute approximate surface area is 87.6 Å². The fourth-order valence-electron chi connectivity index (χ4n) is 0.758. The highest BCUT2D eigenvalue weighted by molar-refractivity contribution is 9.10. The van der Waals surface area contributed by atoms with Crippen molar-refractivity contribution in [2.24, 2.45) is 0 Å². The maximum Gasteiger partial charge on any atom is 0.0645 e. The molecule has 1 aromatic carbocycles. The van der Waals surface area contributed by atoms with E-state index in [2.05, 4.69) is 21.2 Å². The molecule has 0 aliphatic carbocycles. The monoisotopic (exact) mass is 220 g/mol. The van der Waals surface area contributed by atoms with Crippen molar-refractivity contribution in [3.63, 3.8) is 0 Å². The van der Waals surface area contributed by atoms with E-state index in [0.717, 1.165) is 0 Å². The van der Waals surface area contributed by atoms with E-state index in [-0.39, 0.29) is 16.2 Å². The summed E-state index contributed by atoms with van der Waals surface area (Å²) in [5, 5.41) is 2.13. The van der Waals surface area contributed by atoms with Crippen molar-refractivity contribution < 1.29 is 12.3 Å². The van der Waals surface area contributed by atoms with Crippen LogP contribution in [-0.4, -0.2) is 6.50 Å². The van der Waals surface area contributed by atoms with Gasteiger partial charge in [0.1, 0.15) is 0 Å². The molecule has 11 heavy (non-hydrogen) atoms. The van der Waals surface area contributed by atoms with Gasteiger partial charge in [-0.15, -0.1) is 0 Å². The Balaban J connectivity index is 2.92. The molecule has 0 radical (unpaired) electrons. The number of halogens is 1. The van der Waals surface area contributed by atoms with Crippen molar-refractivity contribution in [2.45, 2.75) is 12.7 Å². The van der Waals surface area contributed by atoms with Gasteiger partial charge < -0.3 is 5.32 Å². The summed E-state index contributed by atoms with van der Waals surface area (Å²) in [6.45, 7) is -2.77. The molecule has 1 heterocycles. The minimum atomic E-state index is -2.95. The van der Waals surface area contributed by atoms with Gasteiger partial charge in [-0.3, -0.25) is 0 Å². The summed E-state index contributed by atoms with van der Waals surface area (Å²) in [7, 11) is 0. The van der Waals surface area contributed by atoms with Crippen LogP contribution in [0.2, 0.25) is 0 Å². The number of fused-ring (bicyclic) bond motifs is 1. The fourth-order valence-corrected chi connectivity index (χ4v) is 1.06. The second kappa shape index (κ2) is 2.86. The highest BCUT2D eigenvalue weighted by atomic mass is 79.9. The number of benzene rings is 1. The second-order valence-corrected chi connectivity index (χ2v) is 2.73. The van der Waals surface area contributed by atoms with Crippen LogP contribution in [0, 0.1) is 0 Å². The lowest BCUT2D eigenvalue weighted by atomic mass is 10.0. The quantitative estimate of drug-likeness (QED) is 0.710. The van der Waals surface area contributed by atoms with Crippen LogP contribution in [0.3, 0.4) is 0 Å². The molecule has 1 nitrogen and oxygen atoms in total. The summed E-state index contributed by atoms with van der Waals surface area (Å²) >= 11 is 2.92. The van der Waals surface area contributed by atoms with Gasteiger partial charge in [-0.25, -0.2) is 0 Å². The highest BCUT2D eigenvalue weighted by Gasteiger charge is 2.06. The zero-order chi connectivity index (χ0) is 15.7. The Hall–Kier alpha value is -0.500. The lowest BCUT2D eigenvalue weighted by Crippen LogP contribution is -2.11. The first-order valence-corrected chi connectivity index (χ1v) is 3.73. The summed E-state index contributed by atoms with van der Waals surface area (Å²) in [5.74, 6) is 0. The van der Waals surface area contributed by atoms with Crippen molar-refractivity contribution in [1.82, 2.24) is 0 Å². The minimum absolute atomic E-state index is 0.120. The van der Waals surface area contributed by atoms with Gasteiger partial charge in [0.25, 0.3) is 0 Å². The molecule has 1 aliphatic heterocycles. The molecule has 0 aromatic heterocycles. The van der Waals surface area contributed by atoms with Gasteiger partial charge in [-0.2, -0.15) is 0 Å². The Morgan fingerprint density at radius 3 is 3.45 bits per heavy atom. The van der Waals surface area contributed by atoms with Crippen LogP contribution in [0.25, 0.3) is 0 Å². The summed E-state index contributed by atoms with van der Waals surface area (Å²) in [6, 6.07) is -1.32. The zero-order valence-electron chi connectivity index (χ0n) is 14.4. The van der Waals surface area contributed by atoms with Gasteiger partial charge >= 0.3 is 0 Å². The van der Waals surface area contributed by atoms with Crippen molar-refractivity contribution >= 4 is 21.6 Å². The van der Waals surface area contributed by atoms with Gasteiger partial charge in [-0.1, -0.05) is 15.9 Å². The van der Waals surface area contributed by atoms with Crippen molar-refractivity contribution in [3.8, 4) is 0 Å². The van der Waals surface area contributed by atoms with Crippen LogP contribution in [0.1, 0.15) is 24.3 Å². The fraction of sp³-hybridized carbons (Fsp3) is 0.333. The van der Waals surface area contributed by atoms with E-state index < -0.39 is 36.9 Å². The molecule has 0 unspecified atom stereocenters. The zero-order valence-corrected chi connectivity index (χ0v) is 6.96. The number of hydrogen-bond acceptors (Lipinski definition) is 1. The van der Waals surface area contributed by atoms with Crippen LogP contribution in [-0.2, 0) is 6.37 Å². The largest absolute Gasteiger partial charge is 0.385 e. The molecular weight excluding hydrogens is 202 g/mol. The molecule has 2 rings (SSSR count). The predicted molar refractivity (Wildman–Crippen MR) is 51.0 cm³/mol. The average molecular weight is 221 g/mol. The van der Waals surface area contributed by atoms with Crippen LogP contribution in [0.15, 0.2) is 22.6 Å². The van der Waals surface area contributed by atoms with Crippen LogP contribution < -0.4 is 5.32 Å². The number of hydrogen-bond donors (Lipinski definition) is 1. The third kappa shape index (κ3) is 1.41. The number of rotatable bonds is 0. The van der Waals surface area contributed by atoms with Crippen molar-refractivity contribution in [2.75, 3.05) is 11.8 Å². The summed E-state index contributed by atoms with van der Waals surface area (Å²) in [6.07, 6.45) is -5.77. The first kappa shape index (κ1) is 2.25. The van der Waals surface area contributed by atoms with E-state index in [1.807, 2.05) is 0 Å². The Morgan fingerprint density at radius 2 is 2.55 bits per heavy atom. The molecule has 1 N–H and O–H groups in total. The van der Waals surface area contributed by atoms with Gasteiger partial charge in [0.05, 0.1) is 4.11 Å². The third-order valence-corrected chi connectivity index (χ3v) is 1.62. The van der Waals surface area contributed by atoms with Gasteiger partial charge in [-0.05, 0) is 36.4 Å². The minimum Gasteiger partial charge on any atom is -0.385 e. The molecule has 0 amide bonds. The number of nitrogens with one attached hydrogen (secondary N) is 1. The van der Waals surface area contributed by atoms with Crippen molar-refractivity contribution in [3.05, 3.63) is 28.2 Å². The van der Waals surface area contributed by atoms with E-state index >= 15 is 0 Å². The maximum atomic E-state index is 7.90. The maximum absolute atomic E-state index is 7.90. The molecule has 58 valence electrons. The second-order valence-electron chi connectivity index (χ2n) is 1.94. The van der Waals surface area contributed by atoms with E-state index in [9.17, 15) is 0 Å². The summed E-state index contributed by atoms with van der Waals surface area (Å²) in [5.41, 5.74) is -0.807. The predicted octanol–water partition coefficient (Wildman–Crippen LogP) is 2.81. The first-order chi connectivity index (χ1) is 8.86. The summed E-state index contributed by atoms with van der Waals surface area (Å²) < 4.78 is 69.6. The molecule has 0 atom stereocenters. The van der Waals surface area contributed by atoms with Crippen LogP contribution >= 0.6 is 15.9 Å². The van der Waals surface area contributed by atoms with E-state index in [1.54, 1.807) is 0 Å². The van der Waals surface area contributed by atoms with Gasteiger partial charge in [0.2, 0.25) is 0 Å². The lowest BCUT2D eigenvalue weighted by molar-refractivity contribution is 0.829. The molecule has 0 bridgehead atoms. The molecule has 0 saturated carbocycles. The smallest absolute Gasteiger partial charge is 0.0645 e. The summed E-state index contributed by atoms with van der Waals surface area (Å²) in [4.78, 5) is 0. The molecular formula is C9H10BrN. The Bertz CT molecular complexity index is 598. The topological polar surface area (TPSA) is 12.0 Å². The Morgan fingerprint density at radius 1 is 1.64 bits per heavy atom. The molecule has 0 fully saturated rings. The van der Waals surface area contributed by atoms with Gasteiger partial charge in [0.15, 0.2) is 0 Å². The van der Waals surface area contributed by atoms with Crippen LogP contribution in [0.4, 0.5) is 5.69 Å². The van der Waals surface area contributed by atoms with E-state index in [4.69, 9.17) is 12.3 Å². The van der Waals surface area contributed by atoms with Gasteiger partial charge in [0, 0.05) is 24.9 Å². The van der Waals surface area contributed by atoms with E-state index in [0.29, 0.717) is 0 Å². The van der Waals surface area contributed by atoms with E-state index in [1.165, 1.54) is 0 Å². The SMILES string of the molecule is [2H]c1c([2H])c2c(c([2H])c1Br)C([2H])([2H])C([2H])([2H])C([2H])([2H])N2. The molecule has 0 saturated heterocycles. The van der Waals surface area contributed by atoms with Crippen molar-refractivity contribution in [1.29, 1.82) is 0 Å². The van der Waals surface area contributed by atoms with Crippen LogP contribution in [0.5, 0.6) is 0 Å². The lowest BCUT2D eigenvalue weighted by Gasteiger charge is -2.17. The molecule has 1 aliphatic rings.